The van der Waals surface area contributed by atoms with E-state index in [-0.39, 0.29) is 5.97 Å². The molecule has 0 fully saturated rings. The molecule has 0 radical (unpaired) electrons. The molecule has 0 spiro atoms. The second kappa shape index (κ2) is 6.34. The van der Waals surface area contributed by atoms with Gasteiger partial charge in [0, 0.05) is 12.7 Å². The number of pyridine rings is 1. The average Bonchev–Trinajstić information content (AvgIpc) is 2.84. The zero-order valence-electron chi connectivity index (χ0n) is 11.9. The summed E-state index contributed by atoms with van der Waals surface area (Å²) in [6.07, 6.45) is 1.53. The second-order valence-corrected chi connectivity index (χ2v) is 4.71. The van der Waals surface area contributed by atoms with Crippen LogP contribution in [0, 0.1) is 6.92 Å². The number of esters is 1. The number of hydrogen-bond acceptors (Lipinski definition) is 5. The zero-order chi connectivity index (χ0) is 14.5. The van der Waals surface area contributed by atoms with Crippen molar-refractivity contribution in [3.63, 3.8) is 0 Å². The van der Waals surface area contributed by atoms with Gasteiger partial charge in [0.2, 0.25) is 0 Å². The van der Waals surface area contributed by atoms with E-state index in [9.17, 15) is 4.79 Å². The predicted octanol–water partition coefficient (Wildman–Crippen LogP) is 2.40. The van der Waals surface area contributed by atoms with E-state index in [1.54, 1.807) is 6.07 Å². The Morgan fingerprint density at radius 1 is 1.30 bits per heavy atom. The number of aryl methyl sites for hydroxylation is 1. The van der Waals surface area contributed by atoms with Crippen molar-refractivity contribution in [2.75, 3.05) is 14.2 Å². The van der Waals surface area contributed by atoms with Crippen molar-refractivity contribution in [2.24, 2.45) is 0 Å². The molecule has 2 heterocycles. The number of carbonyl (C=O) groups is 1. The van der Waals surface area contributed by atoms with Crippen molar-refractivity contribution in [3.8, 4) is 0 Å². The van der Waals surface area contributed by atoms with Crippen LogP contribution in [0.15, 0.2) is 34.9 Å². The average molecular weight is 274 g/mol. The Labute approximate surface area is 118 Å². The monoisotopic (exact) mass is 274 g/mol. The van der Waals surface area contributed by atoms with Gasteiger partial charge in [0.1, 0.15) is 11.5 Å². The number of carbonyl (C=O) groups excluding carboxylic acids is 1. The number of rotatable bonds is 5. The SMILES string of the molecule is COC(=O)c1ccc(CN(C)Cc2ccc(C)o2)nc1. The first kappa shape index (κ1) is 14.3. The molecule has 5 nitrogen and oxygen atoms in total. The molecule has 0 N–H and O–H groups in total. The molecule has 0 aliphatic carbocycles. The number of methoxy groups -OCH3 is 1. The minimum absolute atomic E-state index is 0.372. The van der Waals surface area contributed by atoms with Crippen LogP contribution in [-0.4, -0.2) is 30.0 Å². The number of ether oxygens (including phenoxy) is 1. The van der Waals surface area contributed by atoms with Crippen molar-refractivity contribution in [1.29, 1.82) is 0 Å². The largest absolute Gasteiger partial charge is 0.465 e. The highest BCUT2D eigenvalue weighted by Gasteiger charge is 2.08. The number of nitrogens with zero attached hydrogens (tertiary/aromatic N) is 2. The maximum Gasteiger partial charge on any atom is 0.339 e. The van der Waals surface area contributed by atoms with Gasteiger partial charge in [-0.25, -0.2) is 4.79 Å². The lowest BCUT2D eigenvalue weighted by atomic mass is 10.2. The Kier molecular flexibility index (Phi) is 4.53. The molecular weight excluding hydrogens is 256 g/mol. The number of aromatic nitrogens is 1. The van der Waals surface area contributed by atoms with Gasteiger partial charge >= 0.3 is 5.97 Å². The zero-order valence-corrected chi connectivity index (χ0v) is 11.9. The summed E-state index contributed by atoms with van der Waals surface area (Å²) < 4.78 is 10.2. The van der Waals surface area contributed by atoms with E-state index in [1.807, 2.05) is 32.2 Å². The highest BCUT2D eigenvalue weighted by atomic mass is 16.5. The maximum absolute atomic E-state index is 11.3. The smallest absolute Gasteiger partial charge is 0.339 e. The molecule has 0 bridgehead atoms. The van der Waals surface area contributed by atoms with E-state index in [2.05, 4.69) is 14.6 Å². The third kappa shape index (κ3) is 3.68. The third-order valence-electron chi connectivity index (χ3n) is 2.90. The summed E-state index contributed by atoms with van der Waals surface area (Å²) in [7, 11) is 3.35. The maximum atomic E-state index is 11.3. The molecule has 106 valence electrons. The molecular formula is C15H18N2O3. The molecule has 2 aromatic rings. The third-order valence-corrected chi connectivity index (χ3v) is 2.90. The van der Waals surface area contributed by atoms with Gasteiger partial charge in [-0.2, -0.15) is 0 Å². The summed E-state index contributed by atoms with van der Waals surface area (Å²) in [5.74, 6) is 1.47. The lowest BCUT2D eigenvalue weighted by Gasteiger charge is -2.14. The van der Waals surface area contributed by atoms with Gasteiger partial charge in [0.25, 0.3) is 0 Å². The van der Waals surface area contributed by atoms with Gasteiger partial charge < -0.3 is 9.15 Å². The van der Waals surface area contributed by atoms with Crippen molar-refractivity contribution in [1.82, 2.24) is 9.88 Å². The van der Waals surface area contributed by atoms with Gasteiger partial charge in [-0.15, -0.1) is 0 Å². The fourth-order valence-corrected chi connectivity index (χ4v) is 1.93. The van der Waals surface area contributed by atoms with E-state index < -0.39 is 0 Å². The standard InChI is InChI=1S/C15H18N2O3/c1-11-4-7-14(20-11)10-17(2)9-13-6-5-12(8-16-13)15(18)19-3/h4-8H,9-10H2,1-3H3. The van der Waals surface area contributed by atoms with Crippen molar-refractivity contribution in [3.05, 3.63) is 53.2 Å². The molecule has 5 heteroatoms. The highest BCUT2D eigenvalue weighted by molar-refractivity contribution is 5.88. The summed E-state index contributed by atoms with van der Waals surface area (Å²) in [4.78, 5) is 17.7. The first-order valence-corrected chi connectivity index (χ1v) is 6.35. The molecule has 2 rings (SSSR count). The van der Waals surface area contributed by atoms with Crippen LogP contribution >= 0.6 is 0 Å². The Morgan fingerprint density at radius 3 is 2.65 bits per heavy atom. The first-order valence-electron chi connectivity index (χ1n) is 6.35. The molecule has 20 heavy (non-hydrogen) atoms. The summed E-state index contributed by atoms with van der Waals surface area (Å²) in [6, 6.07) is 7.47. The van der Waals surface area contributed by atoms with Gasteiger partial charge in [-0.05, 0) is 38.2 Å². The first-order chi connectivity index (χ1) is 9.58. The summed E-state index contributed by atoms with van der Waals surface area (Å²) in [5.41, 5.74) is 1.35. The minimum atomic E-state index is -0.372. The van der Waals surface area contributed by atoms with E-state index in [1.165, 1.54) is 13.3 Å². The lowest BCUT2D eigenvalue weighted by molar-refractivity contribution is 0.0600. The van der Waals surface area contributed by atoms with Gasteiger partial charge in [0.05, 0.1) is 24.9 Å². The van der Waals surface area contributed by atoms with Crippen LogP contribution in [0.2, 0.25) is 0 Å². The van der Waals surface area contributed by atoms with Crippen molar-refractivity contribution in [2.45, 2.75) is 20.0 Å². The quantitative estimate of drug-likeness (QED) is 0.784. The van der Waals surface area contributed by atoms with Gasteiger partial charge in [-0.1, -0.05) is 0 Å². The van der Waals surface area contributed by atoms with Crippen LogP contribution in [0.25, 0.3) is 0 Å². The van der Waals surface area contributed by atoms with Crippen molar-refractivity contribution >= 4 is 5.97 Å². The minimum Gasteiger partial charge on any atom is -0.465 e. The fraction of sp³-hybridized carbons (Fsp3) is 0.333. The Hall–Kier alpha value is -2.14. The lowest BCUT2D eigenvalue weighted by Crippen LogP contribution is -2.17. The fourth-order valence-electron chi connectivity index (χ4n) is 1.93. The molecule has 0 aliphatic heterocycles. The van der Waals surface area contributed by atoms with E-state index in [4.69, 9.17) is 4.42 Å². The molecule has 2 aromatic heterocycles. The number of furan rings is 1. The van der Waals surface area contributed by atoms with Crippen LogP contribution in [0.5, 0.6) is 0 Å². The van der Waals surface area contributed by atoms with Crippen LogP contribution in [0.1, 0.15) is 27.6 Å². The Balaban J connectivity index is 1.94. The molecule has 0 unspecified atom stereocenters. The molecule has 0 aliphatic rings. The predicted molar refractivity (Wildman–Crippen MR) is 74.2 cm³/mol. The van der Waals surface area contributed by atoms with E-state index in [0.717, 1.165) is 17.2 Å². The van der Waals surface area contributed by atoms with E-state index in [0.29, 0.717) is 18.7 Å². The molecule has 0 saturated heterocycles. The number of hydrogen-bond donors (Lipinski definition) is 0. The van der Waals surface area contributed by atoms with Crippen molar-refractivity contribution < 1.29 is 13.9 Å². The highest BCUT2D eigenvalue weighted by Crippen LogP contribution is 2.11. The molecule has 0 aromatic carbocycles. The molecule has 0 saturated carbocycles. The Bertz CT molecular complexity index is 575. The Morgan fingerprint density at radius 2 is 2.10 bits per heavy atom. The van der Waals surface area contributed by atoms with Crippen LogP contribution < -0.4 is 0 Å². The summed E-state index contributed by atoms with van der Waals surface area (Å²) >= 11 is 0. The molecule has 0 atom stereocenters. The molecule has 0 amide bonds. The van der Waals surface area contributed by atoms with Gasteiger partial charge in [0.15, 0.2) is 0 Å². The van der Waals surface area contributed by atoms with Gasteiger partial charge in [-0.3, -0.25) is 9.88 Å². The topological polar surface area (TPSA) is 55.6 Å². The van der Waals surface area contributed by atoms with Crippen LogP contribution in [0.4, 0.5) is 0 Å². The summed E-state index contributed by atoms with van der Waals surface area (Å²) in [6.45, 7) is 3.33. The normalized spacial score (nSPS) is 10.8. The summed E-state index contributed by atoms with van der Waals surface area (Å²) in [5, 5.41) is 0. The second-order valence-electron chi connectivity index (χ2n) is 4.71. The van der Waals surface area contributed by atoms with E-state index >= 15 is 0 Å². The van der Waals surface area contributed by atoms with Crippen LogP contribution in [-0.2, 0) is 17.8 Å². The van der Waals surface area contributed by atoms with Crippen LogP contribution in [0.3, 0.4) is 0 Å².